The molecule has 0 aromatic carbocycles. The Hall–Kier alpha value is -1.69. The van der Waals surface area contributed by atoms with Crippen LogP contribution < -0.4 is 5.73 Å². The summed E-state index contributed by atoms with van der Waals surface area (Å²) in [5.74, 6) is 0. The molecule has 0 saturated carbocycles. The third-order valence-electron chi connectivity index (χ3n) is 3.84. The van der Waals surface area contributed by atoms with E-state index in [2.05, 4.69) is 40.9 Å². The molecule has 1 atom stereocenters. The summed E-state index contributed by atoms with van der Waals surface area (Å²) in [7, 11) is 0. The minimum Gasteiger partial charge on any atom is -0.323 e. The summed E-state index contributed by atoms with van der Waals surface area (Å²) in [6.07, 6.45) is 8.15. The molecule has 116 valence electrons. The molecule has 2 heterocycles. The van der Waals surface area contributed by atoms with E-state index < -0.39 is 0 Å². The fraction of sp³-hybridized carbons (Fsp3) is 0.667. The zero-order chi connectivity index (χ0) is 15.2. The lowest BCUT2D eigenvalue weighted by atomic mass is 10.1. The lowest BCUT2D eigenvalue weighted by Gasteiger charge is -2.12. The summed E-state index contributed by atoms with van der Waals surface area (Å²) in [4.78, 5) is 0. The number of nitrogens with zero attached hydrogens (tertiary/aromatic N) is 5. The van der Waals surface area contributed by atoms with Crippen molar-refractivity contribution in [3.05, 3.63) is 29.8 Å². The van der Waals surface area contributed by atoms with Gasteiger partial charge in [0.25, 0.3) is 0 Å². The predicted molar refractivity (Wildman–Crippen MR) is 82.8 cm³/mol. The zero-order valence-corrected chi connectivity index (χ0v) is 13.2. The van der Waals surface area contributed by atoms with Crippen molar-refractivity contribution in [2.45, 2.75) is 65.1 Å². The fourth-order valence-corrected chi connectivity index (χ4v) is 2.51. The van der Waals surface area contributed by atoms with E-state index in [1.54, 1.807) is 0 Å². The molecule has 2 aromatic rings. The number of nitrogens with two attached hydrogens (primary N) is 1. The minimum atomic E-state index is -0.0223. The van der Waals surface area contributed by atoms with Gasteiger partial charge < -0.3 is 5.73 Å². The summed E-state index contributed by atoms with van der Waals surface area (Å²) >= 11 is 0. The summed E-state index contributed by atoms with van der Waals surface area (Å²) in [5, 5.41) is 12.9. The Morgan fingerprint density at radius 1 is 1.24 bits per heavy atom. The molecule has 0 radical (unpaired) electrons. The highest BCUT2D eigenvalue weighted by Gasteiger charge is 2.11. The first kappa shape index (κ1) is 15.7. The average Bonchev–Trinajstić information content (AvgIpc) is 3.11. The highest BCUT2D eigenvalue weighted by molar-refractivity contribution is 5.04. The van der Waals surface area contributed by atoms with Crippen LogP contribution in [0, 0.1) is 0 Å². The van der Waals surface area contributed by atoms with E-state index in [0.29, 0.717) is 12.6 Å². The lowest BCUT2D eigenvalue weighted by molar-refractivity contribution is 0.423. The molecular weight excluding hydrogens is 264 g/mol. The Balaban J connectivity index is 2.02. The smallest absolute Gasteiger partial charge is 0.0994 e. The Morgan fingerprint density at radius 2 is 2.00 bits per heavy atom. The Labute approximate surface area is 126 Å². The van der Waals surface area contributed by atoms with Crippen molar-refractivity contribution in [3.63, 3.8) is 0 Å². The van der Waals surface area contributed by atoms with Crippen molar-refractivity contribution in [2.24, 2.45) is 5.73 Å². The van der Waals surface area contributed by atoms with Gasteiger partial charge in [-0.3, -0.25) is 4.68 Å². The van der Waals surface area contributed by atoms with Crippen LogP contribution in [0.25, 0.3) is 0 Å². The average molecular weight is 290 g/mol. The second-order valence-corrected chi connectivity index (χ2v) is 5.49. The maximum absolute atomic E-state index is 6.06. The van der Waals surface area contributed by atoms with Gasteiger partial charge in [0.15, 0.2) is 0 Å². The van der Waals surface area contributed by atoms with Gasteiger partial charge in [-0.2, -0.15) is 5.10 Å². The van der Waals surface area contributed by atoms with E-state index in [1.807, 2.05) is 23.1 Å². The molecule has 1 unspecified atom stereocenters. The second-order valence-electron chi connectivity index (χ2n) is 5.49. The SMILES string of the molecule is CCCC(N)c1cn(Cc2ccn(C(CC)CC)n2)nn1. The molecule has 2 aromatic heterocycles. The van der Waals surface area contributed by atoms with Gasteiger partial charge in [-0.05, 0) is 25.3 Å². The van der Waals surface area contributed by atoms with Crippen LogP contribution in [0.4, 0.5) is 0 Å². The molecule has 21 heavy (non-hydrogen) atoms. The predicted octanol–water partition coefficient (Wildman–Crippen LogP) is 2.68. The summed E-state index contributed by atoms with van der Waals surface area (Å²) in [6.45, 7) is 7.14. The van der Waals surface area contributed by atoms with Gasteiger partial charge in [-0.1, -0.05) is 32.4 Å². The molecule has 0 fully saturated rings. The standard InChI is InChI=1S/C15H26N6/c1-4-7-14(16)15-11-20(19-17-15)10-12-8-9-21(18-12)13(5-2)6-3/h8-9,11,13-14H,4-7,10,16H2,1-3H3. The third kappa shape index (κ3) is 3.91. The van der Waals surface area contributed by atoms with E-state index in [0.717, 1.165) is 37.1 Å². The van der Waals surface area contributed by atoms with Crippen LogP contribution in [-0.2, 0) is 6.54 Å². The second kappa shape index (κ2) is 7.36. The van der Waals surface area contributed by atoms with Crippen LogP contribution in [0.3, 0.4) is 0 Å². The molecule has 0 aliphatic carbocycles. The first-order chi connectivity index (χ1) is 10.2. The topological polar surface area (TPSA) is 74.5 Å². The number of hydrogen-bond acceptors (Lipinski definition) is 4. The summed E-state index contributed by atoms with van der Waals surface area (Å²) in [5.41, 5.74) is 7.92. The van der Waals surface area contributed by atoms with Gasteiger partial charge in [0.2, 0.25) is 0 Å². The molecule has 0 bridgehead atoms. The van der Waals surface area contributed by atoms with Gasteiger partial charge in [-0.25, -0.2) is 4.68 Å². The molecule has 2 rings (SSSR count). The van der Waals surface area contributed by atoms with Gasteiger partial charge in [-0.15, -0.1) is 5.10 Å². The van der Waals surface area contributed by atoms with Crippen molar-refractivity contribution < 1.29 is 0 Å². The molecule has 0 spiro atoms. The molecule has 0 aliphatic rings. The maximum Gasteiger partial charge on any atom is 0.0994 e. The normalized spacial score (nSPS) is 13.0. The van der Waals surface area contributed by atoms with Crippen molar-refractivity contribution in [2.75, 3.05) is 0 Å². The summed E-state index contributed by atoms with van der Waals surface area (Å²) in [6, 6.07) is 2.50. The molecule has 6 nitrogen and oxygen atoms in total. The highest BCUT2D eigenvalue weighted by Crippen LogP contribution is 2.15. The van der Waals surface area contributed by atoms with Crippen LogP contribution >= 0.6 is 0 Å². The number of rotatable bonds is 8. The number of aromatic nitrogens is 5. The van der Waals surface area contributed by atoms with Crippen LogP contribution in [0.5, 0.6) is 0 Å². The quantitative estimate of drug-likeness (QED) is 0.811. The molecular formula is C15H26N6. The Kier molecular flexibility index (Phi) is 5.50. The lowest BCUT2D eigenvalue weighted by Crippen LogP contribution is -2.10. The highest BCUT2D eigenvalue weighted by atomic mass is 15.4. The molecule has 0 aliphatic heterocycles. The van der Waals surface area contributed by atoms with E-state index in [-0.39, 0.29) is 6.04 Å². The van der Waals surface area contributed by atoms with E-state index in [4.69, 9.17) is 5.73 Å². The van der Waals surface area contributed by atoms with E-state index in [9.17, 15) is 0 Å². The van der Waals surface area contributed by atoms with Crippen LogP contribution in [0.1, 0.15) is 69.9 Å². The molecule has 0 saturated heterocycles. The Morgan fingerprint density at radius 3 is 2.67 bits per heavy atom. The van der Waals surface area contributed by atoms with Crippen molar-refractivity contribution in [1.82, 2.24) is 24.8 Å². The zero-order valence-electron chi connectivity index (χ0n) is 13.2. The van der Waals surface area contributed by atoms with Crippen molar-refractivity contribution >= 4 is 0 Å². The van der Waals surface area contributed by atoms with Crippen LogP contribution in [-0.4, -0.2) is 24.8 Å². The monoisotopic (exact) mass is 290 g/mol. The first-order valence-electron chi connectivity index (χ1n) is 7.87. The van der Waals surface area contributed by atoms with Gasteiger partial charge >= 0.3 is 0 Å². The van der Waals surface area contributed by atoms with Crippen LogP contribution in [0.2, 0.25) is 0 Å². The first-order valence-corrected chi connectivity index (χ1v) is 7.87. The Bertz CT molecular complexity index is 540. The fourth-order valence-electron chi connectivity index (χ4n) is 2.51. The summed E-state index contributed by atoms with van der Waals surface area (Å²) < 4.78 is 3.86. The van der Waals surface area contributed by atoms with Crippen molar-refractivity contribution in [1.29, 1.82) is 0 Å². The largest absolute Gasteiger partial charge is 0.323 e. The molecule has 2 N–H and O–H groups in total. The van der Waals surface area contributed by atoms with E-state index >= 15 is 0 Å². The minimum absolute atomic E-state index is 0.0223. The van der Waals surface area contributed by atoms with Crippen LogP contribution in [0.15, 0.2) is 18.5 Å². The number of hydrogen-bond donors (Lipinski definition) is 1. The van der Waals surface area contributed by atoms with Gasteiger partial charge in [0.1, 0.15) is 0 Å². The van der Waals surface area contributed by atoms with E-state index in [1.165, 1.54) is 0 Å². The van der Waals surface area contributed by atoms with Gasteiger partial charge in [0, 0.05) is 6.20 Å². The van der Waals surface area contributed by atoms with Gasteiger partial charge in [0.05, 0.1) is 36.2 Å². The molecule has 0 amide bonds. The maximum atomic E-state index is 6.06. The van der Waals surface area contributed by atoms with Crippen molar-refractivity contribution in [3.8, 4) is 0 Å². The third-order valence-corrected chi connectivity index (χ3v) is 3.84. The molecule has 6 heteroatoms.